The van der Waals surface area contributed by atoms with Crippen molar-refractivity contribution in [2.45, 2.75) is 44.7 Å². The van der Waals surface area contributed by atoms with Gasteiger partial charge in [-0.05, 0) is 61.9 Å². The number of hydrogen-bond donors (Lipinski definition) is 0. The van der Waals surface area contributed by atoms with Gasteiger partial charge in [0, 0.05) is 30.8 Å². The Kier molecular flexibility index (Phi) is 4.29. The minimum atomic E-state index is -0.693. The van der Waals surface area contributed by atoms with E-state index >= 15 is 0 Å². The summed E-state index contributed by atoms with van der Waals surface area (Å²) < 4.78 is 15.6. The van der Waals surface area contributed by atoms with Crippen LogP contribution in [0.5, 0.6) is 0 Å². The second kappa shape index (κ2) is 6.52. The molecule has 0 saturated heterocycles. The number of nitrogens with zero attached hydrogens (tertiary/aromatic N) is 2. The SMILES string of the molecule is CN(C(=O)C(C)(C)c1ccc(F)cc1)[C@@H]1CCc2cc3ccccc3n2C1. The molecule has 1 aliphatic heterocycles. The maximum absolute atomic E-state index is 13.3. The molecule has 1 atom stereocenters. The lowest BCUT2D eigenvalue weighted by molar-refractivity contribution is -0.137. The zero-order chi connectivity index (χ0) is 19.2. The van der Waals surface area contributed by atoms with Crippen molar-refractivity contribution in [2.75, 3.05) is 7.05 Å². The molecule has 1 amide bonds. The molecule has 0 radical (unpaired) electrons. The van der Waals surface area contributed by atoms with E-state index in [0.717, 1.165) is 24.9 Å². The molecule has 0 unspecified atom stereocenters. The molecule has 2 heterocycles. The Bertz CT molecular complexity index is 987. The average molecular weight is 364 g/mol. The van der Waals surface area contributed by atoms with Crippen molar-refractivity contribution in [3.8, 4) is 0 Å². The summed E-state index contributed by atoms with van der Waals surface area (Å²) in [6.07, 6.45) is 1.92. The minimum Gasteiger partial charge on any atom is -0.343 e. The van der Waals surface area contributed by atoms with E-state index < -0.39 is 5.41 Å². The van der Waals surface area contributed by atoms with E-state index in [1.54, 1.807) is 12.1 Å². The molecule has 0 fully saturated rings. The van der Waals surface area contributed by atoms with Crippen molar-refractivity contribution in [1.29, 1.82) is 0 Å². The predicted octanol–water partition coefficient (Wildman–Crippen LogP) is 4.53. The van der Waals surface area contributed by atoms with Crippen LogP contribution in [0.1, 0.15) is 31.5 Å². The first-order valence-electron chi connectivity index (χ1n) is 9.48. The molecule has 4 heteroatoms. The van der Waals surface area contributed by atoms with Crippen molar-refractivity contribution in [3.63, 3.8) is 0 Å². The summed E-state index contributed by atoms with van der Waals surface area (Å²) in [4.78, 5) is 15.2. The van der Waals surface area contributed by atoms with Crippen LogP contribution in [0.15, 0.2) is 54.6 Å². The first-order valence-corrected chi connectivity index (χ1v) is 9.48. The smallest absolute Gasteiger partial charge is 0.232 e. The van der Waals surface area contributed by atoms with Gasteiger partial charge in [-0.15, -0.1) is 0 Å². The molecule has 4 rings (SSSR count). The number of carbonyl (C=O) groups is 1. The van der Waals surface area contributed by atoms with Crippen LogP contribution in [0, 0.1) is 5.82 Å². The van der Waals surface area contributed by atoms with E-state index in [9.17, 15) is 9.18 Å². The lowest BCUT2D eigenvalue weighted by Crippen LogP contribution is -2.49. The Hall–Kier alpha value is -2.62. The van der Waals surface area contributed by atoms with Crippen LogP contribution in [0.4, 0.5) is 4.39 Å². The number of fused-ring (bicyclic) bond motifs is 3. The number of halogens is 1. The molecule has 140 valence electrons. The number of rotatable bonds is 3. The Morgan fingerprint density at radius 1 is 1.15 bits per heavy atom. The number of hydrogen-bond acceptors (Lipinski definition) is 1. The summed E-state index contributed by atoms with van der Waals surface area (Å²) >= 11 is 0. The molecule has 0 saturated carbocycles. The monoisotopic (exact) mass is 364 g/mol. The lowest BCUT2D eigenvalue weighted by Gasteiger charge is -2.37. The Balaban J connectivity index is 1.58. The predicted molar refractivity (Wildman–Crippen MR) is 106 cm³/mol. The molecule has 0 N–H and O–H groups in total. The molecular weight excluding hydrogens is 339 g/mol. The fourth-order valence-corrected chi connectivity index (χ4v) is 4.22. The second-order valence-corrected chi connectivity index (χ2v) is 8.05. The molecule has 27 heavy (non-hydrogen) atoms. The Labute approximate surface area is 159 Å². The average Bonchev–Trinajstić information content (AvgIpc) is 3.05. The van der Waals surface area contributed by atoms with Gasteiger partial charge in [0.25, 0.3) is 0 Å². The van der Waals surface area contributed by atoms with Crippen LogP contribution in [0.2, 0.25) is 0 Å². The van der Waals surface area contributed by atoms with Crippen LogP contribution in [0.25, 0.3) is 10.9 Å². The van der Waals surface area contributed by atoms with Gasteiger partial charge in [0.15, 0.2) is 0 Å². The molecule has 0 bridgehead atoms. The third kappa shape index (κ3) is 3.03. The summed E-state index contributed by atoms with van der Waals surface area (Å²) in [5.74, 6) is -0.214. The van der Waals surface area contributed by atoms with Crippen LogP contribution < -0.4 is 0 Å². The zero-order valence-electron chi connectivity index (χ0n) is 16.1. The number of para-hydroxylation sites is 1. The van der Waals surface area contributed by atoms with Crippen molar-refractivity contribution >= 4 is 16.8 Å². The first-order chi connectivity index (χ1) is 12.9. The molecule has 1 aromatic heterocycles. The summed E-state index contributed by atoms with van der Waals surface area (Å²) in [6, 6.07) is 17.1. The third-order valence-corrected chi connectivity index (χ3v) is 5.99. The quantitative estimate of drug-likeness (QED) is 0.670. The first kappa shape index (κ1) is 17.8. The van der Waals surface area contributed by atoms with E-state index in [0.29, 0.717) is 0 Å². The van der Waals surface area contributed by atoms with E-state index in [1.165, 1.54) is 28.7 Å². The van der Waals surface area contributed by atoms with Crippen LogP contribution >= 0.6 is 0 Å². The zero-order valence-corrected chi connectivity index (χ0v) is 16.1. The summed E-state index contributed by atoms with van der Waals surface area (Å²) in [7, 11) is 1.90. The van der Waals surface area contributed by atoms with E-state index in [4.69, 9.17) is 0 Å². The van der Waals surface area contributed by atoms with Crippen molar-refractivity contribution in [1.82, 2.24) is 9.47 Å². The van der Waals surface area contributed by atoms with Crippen LogP contribution in [0.3, 0.4) is 0 Å². The van der Waals surface area contributed by atoms with Crippen LogP contribution in [-0.2, 0) is 23.2 Å². The minimum absolute atomic E-state index is 0.0685. The second-order valence-electron chi connectivity index (χ2n) is 8.05. The van der Waals surface area contributed by atoms with Gasteiger partial charge in [0.1, 0.15) is 5.82 Å². The van der Waals surface area contributed by atoms with Gasteiger partial charge in [0.05, 0.1) is 5.41 Å². The maximum Gasteiger partial charge on any atom is 0.232 e. The fourth-order valence-electron chi connectivity index (χ4n) is 4.22. The topological polar surface area (TPSA) is 25.2 Å². The maximum atomic E-state index is 13.3. The number of amides is 1. The highest BCUT2D eigenvalue weighted by molar-refractivity contribution is 5.87. The highest BCUT2D eigenvalue weighted by Crippen LogP contribution is 2.30. The van der Waals surface area contributed by atoms with E-state index in [2.05, 4.69) is 34.9 Å². The normalized spacial score (nSPS) is 17.0. The fraction of sp³-hybridized carbons (Fsp3) is 0.348. The highest BCUT2D eigenvalue weighted by Gasteiger charge is 2.36. The number of likely N-dealkylation sites (N-methyl/N-ethyl adjacent to an activating group) is 1. The third-order valence-electron chi connectivity index (χ3n) is 5.99. The van der Waals surface area contributed by atoms with Gasteiger partial charge < -0.3 is 9.47 Å². The number of carbonyl (C=O) groups excluding carboxylic acids is 1. The van der Waals surface area contributed by atoms with Crippen LogP contribution in [-0.4, -0.2) is 28.5 Å². The van der Waals surface area contributed by atoms with Gasteiger partial charge in [-0.3, -0.25) is 4.79 Å². The van der Waals surface area contributed by atoms with Gasteiger partial charge >= 0.3 is 0 Å². The number of aryl methyl sites for hydroxylation is 1. The van der Waals surface area contributed by atoms with E-state index in [1.807, 2.05) is 25.8 Å². The molecule has 3 nitrogen and oxygen atoms in total. The van der Waals surface area contributed by atoms with Crippen molar-refractivity contribution in [2.24, 2.45) is 0 Å². The van der Waals surface area contributed by atoms with Crippen molar-refractivity contribution in [3.05, 3.63) is 71.7 Å². The van der Waals surface area contributed by atoms with Crippen molar-refractivity contribution < 1.29 is 9.18 Å². The summed E-state index contributed by atoms with van der Waals surface area (Å²) in [6.45, 7) is 4.64. The summed E-state index contributed by atoms with van der Waals surface area (Å²) in [5, 5.41) is 1.26. The molecular formula is C23H25FN2O. The van der Waals surface area contributed by atoms with Gasteiger partial charge in [-0.25, -0.2) is 4.39 Å². The molecule has 2 aromatic carbocycles. The number of aromatic nitrogens is 1. The molecule has 0 aliphatic carbocycles. The van der Waals surface area contributed by atoms with Gasteiger partial charge in [-0.2, -0.15) is 0 Å². The van der Waals surface area contributed by atoms with Gasteiger partial charge in [-0.1, -0.05) is 30.3 Å². The molecule has 0 spiro atoms. The highest BCUT2D eigenvalue weighted by atomic mass is 19.1. The Morgan fingerprint density at radius 3 is 2.59 bits per heavy atom. The largest absolute Gasteiger partial charge is 0.343 e. The lowest BCUT2D eigenvalue weighted by atomic mass is 9.82. The number of benzene rings is 2. The molecule has 3 aromatic rings. The van der Waals surface area contributed by atoms with Gasteiger partial charge in [0.2, 0.25) is 5.91 Å². The molecule has 1 aliphatic rings. The standard InChI is InChI=1S/C23H25FN2O/c1-23(2,17-8-10-18(24)11-9-17)22(27)25(3)20-13-12-19-14-16-6-4-5-7-21(16)26(19)15-20/h4-11,14,20H,12-13,15H2,1-3H3/t20-/m1/s1. The Morgan fingerprint density at radius 2 is 1.85 bits per heavy atom. The van der Waals surface area contributed by atoms with E-state index in [-0.39, 0.29) is 17.8 Å². The summed E-state index contributed by atoms with van der Waals surface area (Å²) in [5.41, 5.74) is 2.71.